The fourth-order valence-corrected chi connectivity index (χ4v) is 2.74. The maximum absolute atomic E-state index is 12.4. The normalized spacial score (nSPS) is 18.1. The predicted molar refractivity (Wildman–Crippen MR) is 76.6 cm³/mol. The van der Waals surface area contributed by atoms with Gasteiger partial charge in [-0.1, -0.05) is 0 Å². The molecule has 1 saturated heterocycles. The van der Waals surface area contributed by atoms with Crippen molar-refractivity contribution in [2.75, 3.05) is 13.1 Å². The molecule has 1 aromatic heterocycles. The smallest absolute Gasteiger partial charge is 0.481 e. The van der Waals surface area contributed by atoms with Gasteiger partial charge in [0.15, 0.2) is 0 Å². The fourth-order valence-electron chi connectivity index (χ4n) is 2.74. The van der Waals surface area contributed by atoms with Crippen LogP contribution in [0.1, 0.15) is 16.9 Å². The Morgan fingerprint density at radius 3 is 2.67 bits per heavy atom. The summed E-state index contributed by atoms with van der Waals surface area (Å²) in [4.78, 5) is 27.5. The van der Waals surface area contributed by atoms with Gasteiger partial charge in [0.05, 0.1) is 5.92 Å². The molecule has 0 radical (unpaired) electrons. The molecule has 2 heterocycles. The van der Waals surface area contributed by atoms with E-state index in [2.05, 4.69) is 9.72 Å². The van der Waals surface area contributed by atoms with Gasteiger partial charge in [-0.25, -0.2) is 0 Å². The number of halogens is 3. The number of alkyl halides is 3. The van der Waals surface area contributed by atoms with Crippen molar-refractivity contribution in [3.05, 3.63) is 30.0 Å². The molecule has 1 aliphatic rings. The van der Waals surface area contributed by atoms with E-state index < -0.39 is 18.2 Å². The Morgan fingerprint density at radius 2 is 2.04 bits per heavy atom. The number of nitrogens with zero attached hydrogens (tertiary/aromatic N) is 1. The van der Waals surface area contributed by atoms with Crippen LogP contribution in [0.4, 0.5) is 13.2 Å². The van der Waals surface area contributed by atoms with Crippen molar-refractivity contribution in [1.82, 2.24) is 9.88 Å². The Morgan fingerprint density at radius 1 is 1.29 bits per heavy atom. The number of ether oxygens (including phenoxy) is 1. The number of carboxylic acids is 1. The van der Waals surface area contributed by atoms with Gasteiger partial charge in [0, 0.05) is 30.1 Å². The van der Waals surface area contributed by atoms with E-state index in [-0.39, 0.29) is 23.9 Å². The number of aromatic nitrogens is 1. The van der Waals surface area contributed by atoms with Crippen molar-refractivity contribution in [2.45, 2.75) is 12.8 Å². The molecule has 1 atom stereocenters. The van der Waals surface area contributed by atoms with E-state index in [4.69, 9.17) is 5.11 Å². The first-order valence-electron chi connectivity index (χ1n) is 7.13. The van der Waals surface area contributed by atoms with E-state index in [1.807, 2.05) is 0 Å². The number of amides is 1. The van der Waals surface area contributed by atoms with Gasteiger partial charge in [0.25, 0.3) is 5.91 Å². The third-order valence-electron chi connectivity index (χ3n) is 3.88. The number of hydrogen-bond acceptors (Lipinski definition) is 3. The second-order valence-corrected chi connectivity index (χ2v) is 5.55. The van der Waals surface area contributed by atoms with Gasteiger partial charge in [0.1, 0.15) is 11.4 Å². The number of nitrogens with one attached hydrogen (secondary N) is 1. The molecule has 24 heavy (non-hydrogen) atoms. The van der Waals surface area contributed by atoms with Crippen molar-refractivity contribution in [2.24, 2.45) is 5.92 Å². The van der Waals surface area contributed by atoms with Gasteiger partial charge >= 0.3 is 12.3 Å². The zero-order chi connectivity index (χ0) is 17.5. The molecular formula is C15H13F3N2O4. The van der Waals surface area contributed by atoms with Crippen LogP contribution in [0.15, 0.2) is 24.3 Å². The number of carboxylic acid groups (broad SMARTS) is 1. The lowest BCUT2D eigenvalue weighted by molar-refractivity contribution is -0.274. The van der Waals surface area contributed by atoms with Gasteiger partial charge in [0.2, 0.25) is 0 Å². The van der Waals surface area contributed by atoms with Gasteiger partial charge in [-0.05, 0) is 24.6 Å². The molecule has 3 rings (SSSR count). The Kier molecular flexibility index (Phi) is 3.86. The summed E-state index contributed by atoms with van der Waals surface area (Å²) in [5, 5.41) is 9.53. The Labute approximate surface area is 133 Å². The molecule has 6 nitrogen and oxygen atoms in total. The summed E-state index contributed by atoms with van der Waals surface area (Å²) < 4.78 is 40.6. The molecule has 0 saturated carbocycles. The minimum Gasteiger partial charge on any atom is -0.481 e. The van der Waals surface area contributed by atoms with Crippen molar-refractivity contribution in [1.29, 1.82) is 0 Å². The summed E-state index contributed by atoms with van der Waals surface area (Å²) in [6, 6.07) is 5.24. The number of carbonyl (C=O) groups is 2. The van der Waals surface area contributed by atoms with E-state index in [1.54, 1.807) is 0 Å². The maximum Gasteiger partial charge on any atom is 0.573 e. The van der Waals surface area contributed by atoms with E-state index in [0.717, 1.165) is 12.1 Å². The molecule has 0 spiro atoms. The highest BCUT2D eigenvalue weighted by molar-refractivity contribution is 5.98. The lowest BCUT2D eigenvalue weighted by Crippen LogP contribution is -2.30. The van der Waals surface area contributed by atoms with Gasteiger partial charge < -0.3 is 19.7 Å². The Balaban J connectivity index is 1.80. The first-order chi connectivity index (χ1) is 11.2. The number of aliphatic carboxylic acids is 1. The highest BCUT2D eigenvalue weighted by atomic mass is 19.4. The van der Waals surface area contributed by atoms with Crippen LogP contribution in [0, 0.1) is 5.92 Å². The van der Waals surface area contributed by atoms with Gasteiger partial charge in [-0.15, -0.1) is 13.2 Å². The zero-order valence-corrected chi connectivity index (χ0v) is 12.3. The SMILES string of the molecule is O=C(O)C1CCN(C(=O)c2cc3ccc(OC(F)(F)F)cc3[nH]2)C1. The summed E-state index contributed by atoms with van der Waals surface area (Å²) in [5.74, 6) is -2.31. The number of likely N-dealkylation sites (tertiary alicyclic amines) is 1. The fraction of sp³-hybridized carbons (Fsp3) is 0.333. The van der Waals surface area contributed by atoms with Crippen LogP contribution in [0.3, 0.4) is 0 Å². The van der Waals surface area contributed by atoms with Crippen molar-refractivity contribution < 1.29 is 32.6 Å². The number of benzene rings is 1. The molecule has 2 aromatic rings. The molecule has 9 heteroatoms. The molecule has 2 N–H and O–H groups in total. The molecule has 0 bridgehead atoms. The summed E-state index contributed by atoms with van der Waals surface area (Å²) in [6.07, 6.45) is -4.41. The van der Waals surface area contributed by atoms with Crippen molar-refractivity contribution in [3.63, 3.8) is 0 Å². The van der Waals surface area contributed by atoms with Gasteiger partial charge in [-0.2, -0.15) is 0 Å². The third kappa shape index (κ3) is 3.29. The van der Waals surface area contributed by atoms with E-state index in [0.29, 0.717) is 23.9 Å². The second kappa shape index (κ2) is 5.73. The minimum atomic E-state index is -4.79. The summed E-state index contributed by atoms with van der Waals surface area (Å²) in [6.45, 7) is 0.444. The molecule has 1 aliphatic heterocycles. The number of fused-ring (bicyclic) bond motifs is 1. The standard InChI is InChI=1S/C15H13F3N2O4/c16-15(17,18)24-10-2-1-8-5-12(19-11(8)6-10)13(21)20-4-3-9(7-20)14(22)23/h1-2,5-6,9,19H,3-4,7H2,(H,22,23). The zero-order valence-electron chi connectivity index (χ0n) is 12.3. The van der Waals surface area contributed by atoms with Crippen LogP contribution in [0.2, 0.25) is 0 Å². The van der Waals surface area contributed by atoms with Crippen LogP contribution in [-0.4, -0.2) is 46.3 Å². The number of hydrogen-bond donors (Lipinski definition) is 2. The van der Waals surface area contributed by atoms with E-state index >= 15 is 0 Å². The van der Waals surface area contributed by atoms with E-state index in [1.165, 1.54) is 17.0 Å². The summed E-state index contributed by atoms with van der Waals surface area (Å²) in [5.41, 5.74) is 0.522. The number of carbonyl (C=O) groups excluding carboxylic acids is 1. The summed E-state index contributed by atoms with van der Waals surface area (Å²) >= 11 is 0. The van der Waals surface area contributed by atoms with Crippen LogP contribution in [0.25, 0.3) is 10.9 Å². The minimum absolute atomic E-state index is 0.117. The van der Waals surface area contributed by atoms with Crippen molar-refractivity contribution in [3.8, 4) is 5.75 Å². The topological polar surface area (TPSA) is 82.6 Å². The van der Waals surface area contributed by atoms with Crippen LogP contribution in [0.5, 0.6) is 5.75 Å². The average molecular weight is 342 g/mol. The van der Waals surface area contributed by atoms with Crippen LogP contribution >= 0.6 is 0 Å². The highest BCUT2D eigenvalue weighted by Gasteiger charge is 2.32. The van der Waals surface area contributed by atoms with Crippen LogP contribution in [-0.2, 0) is 4.79 Å². The highest BCUT2D eigenvalue weighted by Crippen LogP contribution is 2.27. The number of aromatic amines is 1. The molecule has 1 amide bonds. The molecule has 1 fully saturated rings. The first-order valence-corrected chi connectivity index (χ1v) is 7.13. The molecule has 1 aromatic carbocycles. The molecule has 1 unspecified atom stereocenters. The summed E-state index contributed by atoms with van der Waals surface area (Å²) in [7, 11) is 0. The van der Waals surface area contributed by atoms with Gasteiger partial charge in [-0.3, -0.25) is 9.59 Å². The molecule has 0 aliphatic carbocycles. The average Bonchev–Trinajstić information content (AvgIpc) is 3.11. The number of rotatable bonds is 3. The maximum atomic E-state index is 12.4. The lowest BCUT2D eigenvalue weighted by atomic mass is 10.1. The number of H-pyrrole nitrogens is 1. The van der Waals surface area contributed by atoms with E-state index in [9.17, 15) is 22.8 Å². The Bertz CT molecular complexity index is 800. The molecule has 128 valence electrons. The molecular weight excluding hydrogens is 329 g/mol. The van der Waals surface area contributed by atoms with Crippen LogP contribution < -0.4 is 4.74 Å². The predicted octanol–water partition coefficient (Wildman–Crippen LogP) is 2.61. The third-order valence-corrected chi connectivity index (χ3v) is 3.88. The lowest BCUT2D eigenvalue weighted by Gasteiger charge is -2.14. The second-order valence-electron chi connectivity index (χ2n) is 5.55. The Hall–Kier alpha value is -2.71. The van der Waals surface area contributed by atoms with Crippen molar-refractivity contribution >= 4 is 22.8 Å². The monoisotopic (exact) mass is 342 g/mol. The first kappa shape index (κ1) is 16.2. The largest absolute Gasteiger partial charge is 0.573 e. The quantitative estimate of drug-likeness (QED) is 0.898.